The van der Waals surface area contributed by atoms with Crippen LogP contribution in [0.15, 0.2) is 17.1 Å². The van der Waals surface area contributed by atoms with Gasteiger partial charge in [0.1, 0.15) is 41.3 Å². The first-order chi connectivity index (χ1) is 21.3. The van der Waals surface area contributed by atoms with Crippen molar-refractivity contribution in [3.63, 3.8) is 0 Å². The first-order valence-corrected chi connectivity index (χ1v) is 17.5. The average Bonchev–Trinajstić information content (AvgIpc) is 3.36. The number of carbonyl (C=O) groups excluding carboxylic acids is 2. The summed E-state index contributed by atoms with van der Waals surface area (Å²) in [4.78, 5) is 41.9. The molecule has 3 saturated carbocycles. The highest BCUT2D eigenvalue weighted by Crippen LogP contribution is 2.68. The van der Waals surface area contributed by atoms with Crippen molar-refractivity contribution in [2.75, 3.05) is 12.3 Å². The van der Waals surface area contributed by atoms with Crippen molar-refractivity contribution < 1.29 is 42.4 Å². The third-order valence-corrected chi connectivity index (χ3v) is 11.6. The molecular formula is C29H45FN5O9P. The lowest BCUT2D eigenvalue weighted by Crippen LogP contribution is -2.44. The minimum Gasteiger partial charge on any atom is -0.461 e. The normalized spacial score (nSPS) is 33.0. The molecule has 0 bridgehead atoms. The molecule has 0 amide bonds. The first-order valence-electron chi connectivity index (χ1n) is 15.9. The number of nitrogens with two attached hydrogens (primary N) is 1. The maximum Gasteiger partial charge on any atom is 0.351 e. The summed E-state index contributed by atoms with van der Waals surface area (Å²) in [5.74, 6) is -2.17. The van der Waals surface area contributed by atoms with E-state index < -0.39 is 73.5 Å². The summed E-state index contributed by atoms with van der Waals surface area (Å²) in [6, 6.07) is -0.947. The smallest absolute Gasteiger partial charge is 0.351 e. The van der Waals surface area contributed by atoms with Gasteiger partial charge < -0.3 is 29.6 Å². The van der Waals surface area contributed by atoms with Gasteiger partial charge in [0.25, 0.3) is 0 Å². The van der Waals surface area contributed by atoms with Gasteiger partial charge in [0.2, 0.25) is 0 Å². The summed E-state index contributed by atoms with van der Waals surface area (Å²) in [5.41, 5.74) is 0.897. The third-order valence-electron chi connectivity index (χ3n) is 9.65. The maximum atomic E-state index is 15.7. The largest absolute Gasteiger partial charge is 0.461 e. The molecule has 1 saturated heterocycles. The summed E-state index contributed by atoms with van der Waals surface area (Å²) in [5, 5.41) is 16.6. The molecule has 0 radical (unpaired) electrons. The summed E-state index contributed by atoms with van der Waals surface area (Å²) in [7, 11) is -4.31. The Morgan fingerprint density at radius 2 is 1.60 bits per heavy atom. The fraction of sp³-hybridized carbons (Fsp3) is 0.793. The standard InChI is InChI=1S/C29H45FN5O9P/c1-17(25(36)42-20-10-6-4-7-11-20)33-45(40,34-18(2)26(37)43-21-12-8-5-9-13-21)41-16-28-19(3)29(28,39)23(30)24(44-28)35-15-14-22(31)32-27(35)38/h14-15,17-21,23-24,39H,4-13,16H2,1-3H3,(H2,31,32,38)(H2,33,34,40)/t17?,18?,19?,23-,24+,28-,29-,45?/m0/s1. The summed E-state index contributed by atoms with van der Waals surface area (Å²) < 4.78 is 53.9. The van der Waals surface area contributed by atoms with Crippen molar-refractivity contribution in [3.8, 4) is 0 Å². The molecule has 5 N–H and O–H groups in total. The molecular weight excluding hydrogens is 612 g/mol. The topological polar surface area (TPSA) is 193 Å². The second kappa shape index (κ2) is 13.4. The van der Waals surface area contributed by atoms with E-state index in [9.17, 15) is 24.1 Å². The second-order valence-corrected chi connectivity index (χ2v) is 14.7. The molecule has 7 atom stereocenters. The molecule has 0 aromatic carbocycles. The van der Waals surface area contributed by atoms with Gasteiger partial charge in [-0.25, -0.2) is 19.4 Å². The minimum atomic E-state index is -4.31. The van der Waals surface area contributed by atoms with Gasteiger partial charge in [-0.1, -0.05) is 19.8 Å². The average molecular weight is 658 g/mol. The molecule has 0 spiro atoms. The number of nitrogen functional groups attached to an aromatic ring is 1. The van der Waals surface area contributed by atoms with Crippen LogP contribution in [0.2, 0.25) is 0 Å². The van der Waals surface area contributed by atoms with Crippen molar-refractivity contribution in [2.24, 2.45) is 5.92 Å². The Hall–Kier alpha value is -2.42. The lowest BCUT2D eigenvalue weighted by molar-refractivity contribution is -0.152. The van der Waals surface area contributed by atoms with Crippen molar-refractivity contribution in [2.45, 2.75) is 133 Å². The molecule has 45 heavy (non-hydrogen) atoms. The van der Waals surface area contributed by atoms with Gasteiger partial charge in [-0.05, 0) is 71.3 Å². The molecule has 3 unspecified atom stereocenters. The van der Waals surface area contributed by atoms with E-state index in [0.29, 0.717) is 0 Å². The van der Waals surface area contributed by atoms with E-state index in [2.05, 4.69) is 15.2 Å². The molecule has 2 heterocycles. The van der Waals surface area contributed by atoms with Crippen LogP contribution in [-0.4, -0.2) is 74.9 Å². The Morgan fingerprint density at radius 3 is 2.09 bits per heavy atom. The van der Waals surface area contributed by atoms with Crippen molar-refractivity contribution in [1.82, 2.24) is 19.7 Å². The number of fused-ring (bicyclic) bond motifs is 1. The van der Waals surface area contributed by atoms with Crippen LogP contribution in [0.3, 0.4) is 0 Å². The van der Waals surface area contributed by atoms with Gasteiger partial charge in [-0.2, -0.15) is 4.98 Å². The maximum absolute atomic E-state index is 15.7. The number of nitrogens with zero attached hydrogens (tertiary/aromatic N) is 2. The summed E-state index contributed by atoms with van der Waals surface area (Å²) >= 11 is 0. The molecule has 3 aliphatic carbocycles. The Bertz CT molecular complexity index is 1310. The van der Waals surface area contributed by atoms with Crippen LogP contribution < -0.4 is 21.6 Å². The minimum absolute atomic E-state index is 0.0645. The number of aromatic nitrogens is 2. The van der Waals surface area contributed by atoms with E-state index in [1.54, 1.807) is 0 Å². The van der Waals surface area contributed by atoms with E-state index in [4.69, 9.17) is 24.5 Å². The number of hydrogen-bond acceptors (Lipinski definition) is 11. The number of ether oxygens (including phenoxy) is 3. The van der Waals surface area contributed by atoms with E-state index >= 15 is 4.39 Å². The first kappa shape index (κ1) is 33.9. The Balaban J connectivity index is 1.31. The van der Waals surface area contributed by atoms with Gasteiger partial charge in [0, 0.05) is 12.1 Å². The molecule has 4 aliphatic rings. The van der Waals surface area contributed by atoms with Gasteiger partial charge >= 0.3 is 25.3 Å². The van der Waals surface area contributed by atoms with Crippen LogP contribution in [-0.2, 0) is 32.9 Å². The molecule has 14 nitrogen and oxygen atoms in total. The predicted octanol–water partition coefficient (Wildman–Crippen LogP) is 2.64. The third kappa shape index (κ3) is 6.84. The van der Waals surface area contributed by atoms with Crippen molar-refractivity contribution >= 4 is 25.4 Å². The number of halogens is 1. The molecule has 16 heteroatoms. The van der Waals surface area contributed by atoms with Crippen LogP contribution in [0, 0.1) is 5.92 Å². The Labute approximate surface area is 261 Å². The zero-order valence-corrected chi connectivity index (χ0v) is 26.9. The highest BCUT2D eigenvalue weighted by molar-refractivity contribution is 7.54. The van der Waals surface area contributed by atoms with Crippen LogP contribution >= 0.6 is 7.67 Å². The number of alkyl halides is 1. The van der Waals surface area contributed by atoms with Gasteiger partial charge in [0.05, 0.1) is 6.61 Å². The number of hydrogen-bond donors (Lipinski definition) is 4. The van der Waals surface area contributed by atoms with Crippen molar-refractivity contribution in [1.29, 1.82) is 0 Å². The highest BCUT2D eigenvalue weighted by atomic mass is 31.2. The molecule has 1 aliphatic heterocycles. The van der Waals surface area contributed by atoms with Crippen LogP contribution in [0.25, 0.3) is 0 Å². The number of esters is 2. The highest BCUT2D eigenvalue weighted by Gasteiger charge is 2.86. The van der Waals surface area contributed by atoms with Crippen LogP contribution in [0.1, 0.15) is 91.2 Å². The molecule has 1 aromatic heterocycles. The fourth-order valence-corrected chi connectivity index (χ4v) is 8.61. The van der Waals surface area contributed by atoms with Gasteiger partial charge in [-0.3, -0.25) is 18.7 Å². The number of carbonyl (C=O) groups is 2. The van der Waals surface area contributed by atoms with E-state index in [0.717, 1.165) is 68.8 Å². The molecule has 252 valence electrons. The molecule has 4 fully saturated rings. The number of anilines is 1. The van der Waals surface area contributed by atoms with E-state index in [1.807, 2.05) is 0 Å². The second-order valence-electron chi connectivity index (χ2n) is 12.8. The Kier molecular flexibility index (Phi) is 10.1. The fourth-order valence-electron chi connectivity index (χ4n) is 6.78. The lowest BCUT2D eigenvalue weighted by atomic mass is 9.98. The van der Waals surface area contributed by atoms with Gasteiger partial charge in [0.15, 0.2) is 12.4 Å². The Morgan fingerprint density at radius 1 is 1.09 bits per heavy atom. The summed E-state index contributed by atoms with van der Waals surface area (Å²) in [6.45, 7) is 3.85. The summed E-state index contributed by atoms with van der Waals surface area (Å²) in [6.07, 6.45) is 6.00. The van der Waals surface area contributed by atoms with E-state index in [-0.39, 0.29) is 18.0 Å². The number of rotatable bonds is 12. The lowest BCUT2D eigenvalue weighted by Gasteiger charge is -2.30. The molecule has 1 aromatic rings. The van der Waals surface area contributed by atoms with Gasteiger partial charge in [-0.15, -0.1) is 0 Å². The monoisotopic (exact) mass is 657 g/mol. The van der Waals surface area contributed by atoms with E-state index in [1.165, 1.54) is 33.0 Å². The SMILES string of the molecule is CC(NP(=O)(NC(C)C(=O)OC1CCCCC1)OC[C@@]12O[C@@H](n3ccc(N)nc3=O)[C@H](F)[C@@]1(O)C2C)C(=O)OC1CCCCC1. The van der Waals surface area contributed by atoms with Crippen LogP contribution in [0.4, 0.5) is 10.2 Å². The number of nitrogens with one attached hydrogen (secondary N) is 2. The predicted molar refractivity (Wildman–Crippen MR) is 159 cm³/mol. The number of aliphatic hydroxyl groups is 1. The zero-order chi connectivity index (χ0) is 32.6. The quantitative estimate of drug-likeness (QED) is 0.190. The zero-order valence-electron chi connectivity index (χ0n) is 26.0. The molecule has 5 rings (SSSR count). The van der Waals surface area contributed by atoms with Crippen LogP contribution in [0.5, 0.6) is 0 Å². The van der Waals surface area contributed by atoms with Crippen molar-refractivity contribution in [3.05, 3.63) is 22.7 Å².